The summed E-state index contributed by atoms with van der Waals surface area (Å²) in [5.74, 6) is -0.508. The highest BCUT2D eigenvalue weighted by molar-refractivity contribution is 6.19. The number of ketones is 1. The molecule has 17 heavy (non-hydrogen) atoms. The molecule has 1 rings (SSSR count). The van der Waals surface area contributed by atoms with Gasteiger partial charge in [-0.1, -0.05) is 0 Å². The van der Waals surface area contributed by atoms with Gasteiger partial charge in [-0.05, 0) is 18.2 Å². The zero-order valence-electron chi connectivity index (χ0n) is 8.60. The summed E-state index contributed by atoms with van der Waals surface area (Å²) in [7, 11) is 0. The first-order valence-electron chi connectivity index (χ1n) is 4.76. The molecule has 0 fully saturated rings. The van der Waals surface area contributed by atoms with E-state index in [1.54, 1.807) is 0 Å². The van der Waals surface area contributed by atoms with Crippen molar-refractivity contribution in [3.63, 3.8) is 0 Å². The van der Waals surface area contributed by atoms with E-state index in [9.17, 15) is 22.4 Å². The minimum atomic E-state index is -2.89. The van der Waals surface area contributed by atoms with Crippen LogP contribution in [-0.4, -0.2) is 11.7 Å². The van der Waals surface area contributed by atoms with Gasteiger partial charge in [-0.2, -0.15) is 0 Å². The number of hydrogen-bond donors (Lipinski definition) is 0. The normalized spacial score (nSPS) is 11.2. The summed E-state index contributed by atoms with van der Waals surface area (Å²) in [6, 6.07) is 2.55. The fraction of sp³-hybridized carbons (Fsp3) is 0.364. The monoisotopic (exact) mass is 268 g/mol. The van der Waals surface area contributed by atoms with Crippen molar-refractivity contribution in [2.24, 2.45) is 0 Å². The van der Waals surface area contributed by atoms with E-state index in [2.05, 4.69) is 0 Å². The highest BCUT2D eigenvalue weighted by Gasteiger charge is 2.17. The molecule has 1 nitrogen and oxygen atoms in total. The minimum absolute atomic E-state index is 0.0156. The van der Waals surface area contributed by atoms with Crippen molar-refractivity contribution in [1.82, 2.24) is 0 Å². The highest BCUT2D eigenvalue weighted by Crippen LogP contribution is 2.27. The number of rotatable bonds is 5. The van der Waals surface area contributed by atoms with Crippen LogP contribution in [0.3, 0.4) is 0 Å². The van der Waals surface area contributed by atoms with Gasteiger partial charge >= 0.3 is 0 Å². The first-order chi connectivity index (χ1) is 7.95. The standard InChI is InChI=1S/C11H9ClF4O/c12-2-1-9(17)6-3-7(10(13)14)5-8(4-6)11(15)16/h3-5,10-11H,1-2H2. The summed E-state index contributed by atoms with van der Waals surface area (Å²) in [6.45, 7) is 0. The fourth-order valence-electron chi connectivity index (χ4n) is 1.32. The lowest BCUT2D eigenvalue weighted by Gasteiger charge is -2.08. The Labute approximate surface area is 100 Å². The Hall–Kier alpha value is -1.10. The van der Waals surface area contributed by atoms with Crippen molar-refractivity contribution in [3.05, 3.63) is 34.9 Å². The van der Waals surface area contributed by atoms with Gasteiger partial charge in [-0.25, -0.2) is 17.6 Å². The zero-order chi connectivity index (χ0) is 13.0. The molecule has 1 aromatic rings. The summed E-state index contributed by atoms with van der Waals surface area (Å²) in [6.07, 6.45) is -5.86. The Bertz CT molecular complexity index is 380. The van der Waals surface area contributed by atoms with E-state index >= 15 is 0 Å². The summed E-state index contributed by atoms with van der Waals surface area (Å²) in [5, 5.41) is 0. The molecule has 0 aliphatic carbocycles. The molecule has 0 bridgehead atoms. The van der Waals surface area contributed by atoms with Crippen LogP contribution in [0.1, 0.15) is 40.8 Å². The SMILES string of the molecule is O=C(CCCl)c1cc(C(F)F)cc(C(F)F)c1. The van der Waals surface area contributed by atoms with Gasteiger partial charge in [0.2, 0.25) is 0 Å². The van der Waals surface area contributed by atoms with Crippen LogP contribution in [0.25, 0.3) is 0 Å². The first kappa shape index (κ1) is 14.0. The molecule has 0 N–H and O–H groups in total. The van der Waals surface area contributed by atoms with Crippen LogP contribution in [0, 0.1) is 0 Å². The molecule has 0 saturated carbocycles. The number of carbonyl (C=O) groups is 1. The number of benzene rings is 1. The number of halogens is 5. The molecule has 0 radical (unpaired) electrons. The third kappa shape index (κ3) is 3.70. The minimum Gasteiger partial charge on any atom is -0.294 e. The molecule has 0 saturated heterocycles. The molecule has 0 aliphatic rings. The largest absolute Gasteiger partial charge is 0.294 e. The van der Waals surface area contributed by atoms with Crippen LogP contribution in [0.5, 0.6) is 0 Å². The maximum absolute atomic E-state index is 12.5. The number of carbonyl (C=O) groups excluding carboxylic acids is 1. The molecule has 1 aromatic carbocycles. The van der Waals surface area contributed by atoms with E-state index < -0.39 is 29.8 Å². The van der Waals surface area contributed by atoms with Crippen molar-refractivity contribution >= 4 is 17.4 Å². The van der Waals surface area contributed by atoms with Crippen LogP contribution in [0.2, 0.25) is 0 Å². The van der Waals surface area contributed by atoms with Crippen LogP contribution in [0.15, 0.2) is 18.2 Å². The molecule has 0 atom stereocenters. The molecule has 0 unspecified atom stereocenters. The molecule has 0 spiro atoms. The smallest absolute Gasteiger partial charge is 0.263 e. The van der Waals surface area contributed by atoms with E-state index in [-0.39, 0.29) is 17.9 Å². The van der Waals surface area contributed by atoms with Gasteiger partial charge in [-0.15, -0.1) is 11.6 Å². The van der Waals surface area contributed by atoms with Crippen LogP contribution in [-0.2, 0) is 0 Å². The Morgan fingerprint density at radius 3 is 1.88 bits per heavy atom. The van der Waals surface area contributed by atoms with Crippen LogP contribution in [0.4, 0.5) is 17.6 Å². The topological polar surface area (TPSA) is 17.1 Å². The lowest BCUT2D eigenvalue weighted by molar-refractivity contribution is 0.0988. The molecule has 0 amide bonds. The Kier molecular flexibility index (Phi) is 4.93. The van der Waals surface area contributed by atoms with Crippen LogP contribution < -0.4 is 0 Å². The maximum Gasteiger partial charge on any atom is 0.263 e. The van der Waals surface area contributed by atoms with E-state index in [4.69, 9.17) is 11.6 Å². The van der Waals surface area contributed by atoms with Crippen molar-refractivity contribution in [1.29, 1.82) is 0 Å². The quantitative estimate of drug-likeness (QED) is 0.440. The number of alkyl halides is 5. The van der Waals surface area contributed by atoms with Gasteiger partial charge in [0.1, 0.15) is 0 Å². The first-order valence-corrected chi connectivity index (χ1v) is 5.29. The van der Waals surface area contributed by atoms with Gasteiger partial charge < -0.3 is 0 Å². The van der Waals surface area contributed by atoms with Crippen molar-refractivity contribution in [3.8, 4) is 0 Å². The summed E-state index contributed by atoms with van der Waals surface area (Å²) < 4.78 is 49.8. The number of Topliss-reactive ketones (excluding diaryl/α,β-unsaturated/α-hetero) is 1. The van der Waals surface area contributed by atoms with Gasteiger partial charge in [-0.3, -0.25) is 4.79 Å². The van der Waals surface area contributed by atoms with Crippen molar-refractivity contribution in [2.45, 2.75) is 19.3 Å². The molecule has 6 heteroatoms. The van der Waals surface area contributed by atoms with E-state index in [1.165, 1.54) is 0 Å². The fourth-order valence-corrected chi connectivity index (χ4v) is 1.49. The Balaban J connectivity index is 3.16. The van der Waals surface area contributed by atoms with Crippen LogP contribution >= 0.6 is 11.6 Å². The van der Waals surface area contributed by atoms with Crippen molar-refractivity contribution < 1.29 is 22.4 Å². The second kappa shape index (κ2) is 6.00. The molecule has 94 valence electrons. The Morgan fingerprint density at radius 2 is 1.53 bits per heavy atom. The molecular formula is C11H9ClF4O. The summed E-state index contributed by atoms with van der Waals surface area (Å²) in [4.78, 5) is 11.4. The molecular weight excluding hydrogens is 260 g/mol. The molecule has 0 aromatic heterocycles. The molecule has 0 heterocycles. The molecule has 0 aliphatic heterocycles. The van der Waals surface area contributed by atoms with E-state index in [0.29, 0.717) is 6.07 Å². The van der Waals surface area contributed by atoms with Gasteiger partial charge in [0.05, 0.1) is 0 Å². The predicted molar refractivity (Wildman–Crippen MR) is 56.0 cm³/mol. The van der Waals surface area contributed by atoms with E-state index in [1.807, 2.05) is 0 Å². The second-order valence-electron chi connectivity index (χ2n) is 3.35. The lowest BCUT2D eigenvalue weighted by Crippen LogP contribution is -2.03. The lowest BCUT2D eigenvalue weighted by atomic mass is 10.0. The average molecular weight is 269 g/mol. The van der Waals surface area contributed by atoms with Gasteiger partial charge in [0.15, 0.2) is 5.78 Å². The average Bonchev–Trinajstić information content (AvgIpc) is 2.28. The van der Waals surface area contributed by atoms with Gasteiger partial charge in [0.25, 0.3) is 12.9 Å². The third-order valence-corrected chi connectivity index (χ3v) is 2.31. The third-order valence-electron chi connectivity index (χ3n) is 2.13. The highest BCUT2D eigenvalue weighted by atomic mass is 35.5. The van der Waals surface area contributed by atoms with Gasteiger partial charge in [0, 0.05) is 29.0 Å². The zero-order valence-corrected chi connectivity index (χ0v) is 9.35. The van der Waals surface area contributed by atoms with E-state index in [0.717, 1.165) is 12.1 Å². The predicted octanol–water partition coefficient (Wildman–Crippen LogP) is 4.37. The Morgan fingerprint density at radius 1 is 1.06 bits per heavy atom. The maximum atomic E-state index is 12.5. The summed E-state index contributed by atoms with van der Waals surface area (Å²) in [5.41, 5.74) is -1.32. The second-order valence-corrected chi connectivity index (χ2v) is 3.73. The number of hydrogen-bond acceptors (Lipinski definition) is 1. The summed E-state index contributed by atoms with van der Waals surface area (Å²) >= 11 is 5.33. The van der Waals surface area contributed by atoms with Crippen molar-refractivity contribution in [2.75, 3.05) is 5.88 Å².